The molecule has 0 aliphatic rings. The number of carbonyl (C=O) groups is 1. The summed E-state index contributed by atoms with van der Waals surface area (Å²) in [5.74, 6) is -0.531. The van der Waals surface area contributed by atoms with Crippen molar-refractivity contribution in [2.24, 2.45) is 5.73 Å². The van der Waals surface area contributed by atoms with Gasteiger partial charge in [-0.2, -0.15) is 0 Å². The van der Waals surface area contributed by atoms with Gasteiger partial charge >= 0.3 is 0 Å². The number of hydrogen-bond donors (Lipinski definition) is 3. The molecule has 110 valence electrons. The summed E-state index contributed by atoms with van der Waals surface area (Å²) in [5.41, 5.74) is 7.25. The first-order chi connectivity index (χ1) is 9.95. The van der Waals surface area contributed by atoms with Crippen LogP contribution < -0.4 is 11.1 Å². The fraction of sp³-hybridized carbons (Fsp3) is 0.133. The number of nitrogens with one attached hydrogen (secondary N) is 1. The van der Waals surface area contributed by atoms with Crippen LogP contribution in [-0.2, 0) is 11.2 Å². The second-order valence-electron chi connectivity index (χ2n) is 4.59. The van der Waals surface area contributed by atoms with Crippen LogP contribution in [0.1, 0.15) is 5.56 Å². The number of halogens is 2. The molecule has 0 aliphatic heterocycles. The van der Waals surface area contributed by atoms with Crippen molar-refractivity contribution in [2.75, 3.05) is 5.32 Å². The predicted octanol–water partition coefficient (Wildman–Crippen LogP) is 2.64. The van der Waals surface area contributed by atoms with Crippen LogP contribution in [0.5, 0.6) is 5.75 Å². The zero-order chi connectivity index (χ0) is 15.4. The van der Waals surface area contributed by atoms with Crippen LogP contribution in [-0.4, -0.2) is 17.1 Å². The molecule has 0 fully saturated rings. The summed E-state index contributed by atoms with van der Waals surface area (Å²) in [6.45, 7) is 0. The number of nitrogens with two attached hydrogens (primary N) is 1. The molecule has 2 aromatic rings. The third kappa shape index (κ3) is 4.40. The van der Waals surface area contributed by atoms with Gasteiger partial charge in [-0.15, -0.1) is 0 Å². The Labute approximate surface area is 135 Å². The monoisotopic (exact) mass is 400 g/mol. The summed E-state index contributed by atoms with van der Waals surface area (Å²) in [7, 11) is 0. The Hall–Kier alpha value is -1.67. The zero-order valence-electron chi connectivity index (χ0n) is 11.0. The van der Waals surface area contributed by atoms with Crippen molar-refractivity contribution in [1.29, 1.82) is 0 Å². The van der Waals surface area contributed by atoms with E-state index in [0.29, 0.717) is 15.7 Å². The maximum absolute atomic E-state index is 13.0. The molecule has 6 heteroatoms. The lowest BCUT2D eigenvalue weighted by Crippen LogP contribution is -2.37. The van der Waals surface area contributed by atoms with Gasteiger partial charge in [0, 0.05) is 3.57 Å². The van der Waals surface area contributed by atoms with Crippen molar-refractivity contribution < 1.29 is 14.3 Å². The highest BCUT2D eigenvalue weighted by Crippen LogP contribution is 2.19. The van der Waals surface area contributed by atoms with E-state index in [0.717, 1.165) is 5.56 Å². The zero-order valence-corrected chi connectivity index (χ0v) is 13.2. The summed E-state index contributed by atoms with van der Waals surface area (Å²) >= 11 is 1.95. The lowest BCUT2D eigenvalue weighted by atomic mass is 10.1. The SMILES string of the molecule is NC(Cc1ccc(O)cc1)C(=O)Nc1ccc(F)cc1I. The van der Waals surface area contributed by atoms with Crippen molar-refractivity contribution in [3.8, 4) is 5.75 Å². The molecule has 0 aliphatic carbocycles. The topological polar surface area (TPSA) is 75.3 Å². The van der Waals surface area contributed by atoms with Gasteiger partial charge in [0.15, 0.2) is 0 Å². The third-order valence-electron chi connectivity index (χ3n) is 2.92. The van der Waals surface area contributed by atoms with Gasteiger partial charge in [-0.1, -0.05) is 12.1 Å². The minimum Gasteiger partial charge on any atom is -0.508 e. The third-order valence-corrected chi connectivity index (χ3v) is 3.81. The minimum absolute atomic E-state index is 0.164. The highest BCUT2D eigenvalue weighted by atomic mass is 127. The van der Waals surface area contributed by atoms with E-state index in [1.165, 1.54) is 18.2 Å². The quantitative estimate of drug-likeness (QED) is 0.691. The largest absolute Gasteiger partial charge is 0.508 e. The van der Waals surface area contributed by atoms with Crippen molar-refractivity contribution >= 4 is 34.2 Å². The molecule has 1 unspecified atom stereocenters. The molecule has 0 radical (unpaired) electrons. The van der Waals surface area contributed by atoms with Crippen molar-refractivity contribution in [2.45, 2.75) is 12.5 Å². The van der Waals surface area contributed by atoms with E-state index in [-0.39, 0.29) is 17.5 Å². The van der Waals surface area contributed by atoms with Crippen LogP contribution >= 0.6 is 22.6 Å². The van der Waals surface area contributed by atoms with Gasteiger partial charge in [-0.25, -0.2) is 4.39 Å². The van der Waals surface area contributed by atoms with Crippen LogP contribution in [0.2, 0.25) is 0 Å². The number of hydrogen-bond acceptors (Lipinski definition) is 3. The predicted molar refractivity (Wildman–Crippen MR) is 87.5 cm³/mol. The van der Waals surface area contributed by atoms with Crippen molar-refractivity contribution in [3.63, 3.8) is 0 Å². The maximum Gasteiger partial charge on any atom is 0.241 e. The Balaban J connectivity index is 2.00. The van der Waals surface area contributed by atoms with E-state index in [4.69, 9.17) is 5.73 Å². The van der Waals surface area contributed by atoms with E-state index in [1.54, 1.807) is 24.3 Å². The Morgan fingerprint density at radius 1 is 1.29 bits per heavy atom. The molecular formula is C15H14FIN2O2. The molecule has 0 bridgehead atoms. The van der Waals surface area contributed by atoms with E-state index >= 15 is 0 Å². The van der Waals surface area contributed by atoms with Gasteiger partial charge in [-0.3, -0.25) is 4.79 Å². The average Bonchev–Trinajstić information content (AvgIpc) is 2.44. The highest BCUT2D eigenvalue weighted by molar-refractivity contribution is 14.1. The molecule has 2 rings (SSSR count). The van der Waals surface area contributed by atoms with Gasteiger partial charge < -0.3 is 16.2 Å². The van der Waals surface area contributed by atoms with Crippen LogP contribution in [0.3, 0.4) is 0 Å². The average molecular weight is 400 g/mol. The van der Waals surface area contributed by atoms with E-state index in [1.807, 2.05) is 22.6 Å². The highest BCUT2D eigenvalue weighted by Gasteiger charge is 2.15. The molecule has 4 N–H and O–H groups in total. The summed E-state index contributed by atoms with van der Waals surface area (Å²) in [6, 6.07) is 9.91. The van der Waals surface area contributed by atoms with Gasteiger partial charge in [0.1, 0.15) is 11.6 Å². The Kier molecular flexibility index (Phi) is 5.13. The Bertz CT molecular complexity index is 647. The number of phenols is 1. The number of benzene rings is 2. The molecule has 4 nitrogen and oxygen atoms in total. The number of carbonyl (C=O) groups excluding carboxylic acids is 1. The normalized spacial score (nSPS) is 12.0. The molecule has 2 aromatic carbocycles. The van der Waals surface area contributed by atoms with Crippen LogP contribution in [0.25, 0.3) is 0 Å². The molecule has 1 atom stereocenters. The van der Waals surface area contributed by atoms with Gasteiger partial charge in [-0.05, 0) is 64.9 Å². The second kappa shape index (κ2) is 6.86. The van der Waals surface area contributed by atoms with Crippen LogP contribution in [0.15, 0.2) is 42.5 Å². The van der Waals surface area contributed by atoms with Crippen molar-refractivity contribution in [1.82, 2.24) is 0 Å². The summed E-state index contributed by atoms with van der Waals surface area (Å²) in [4.78, 5) is 12.0. The number of anilines is 1. The molecule has 0 saturated carbocycles. The minimum atomic E-state index is -0.726. The first-order valence-corrected chi connectivity index (χ1v) is 7.33. The molecule has 0 aromatic heterocycles. The molecule has 21 heavy (non-hydrogen) atoms. The lowest BCUT2D eigenvalue weighted by Gasteiger charge is -2.13. The Morgan fingerprint density at radius 2 is 1.95 bits per heavy atom. The van der Waals surface area contributed by atoms with Gasteiger partial charge in [0.05, 0.1) is 11.7 Å². The number of aromatic hydroxyl groups is 1. The smallest absolute Gasteiger partial charge is 0.241 e. The van der Waals surface area contributed by atoms with Gasteiger partial charge in [0.2, 0.25) is 5.91 Å². The fourth-order valence-corrected chi connectivity index (χ4v) is 2.41. The number of phenolic OH excluding ortho intramolecular Hbond substituents is 1. The van der Waals surface area contributed by atoms with E-state index in [2.05, 4.69) is 5.32 Å². The standard InChI is InChI=1S/C15H14FIN2O2/c16-10-3-6-14(12(17)8-10)19-15(21)13(18)7-9-1-4-11(20)5-2-9/h1-6,8,13,20H,7,18H2,(H,19,21). The van der Waals surface area contributed by atoms with Crippen LogP contribution in [0, 0.1) is 9.39 Å². The number of amides is 1. The maximum atomic E-state index is 13.0. The molecular weight excluding hydrogens is 386 g/mol. The lowest BCUT2D eigenvalue weighted by molar-refractivity contribution is -0.117. The van der Waals surface area contributed by atoms with E-state index < -0.39 is 6.04 Å². The second-order valence-corrected chi connectivity index (χ2v) is 5.75. The molecule has 1 amide bonds. The molecule has 0 saturated heterocycles. The van der Waals surface area contributed by atoms with E-state index in [9.17, 15) is 14.3 Å². The summed E-state index contributed by atoms with van der Waals surface area (Å²) < 4.78 is 13.6. The first kappa shape index (κ1) is 15.7. The molecule has 0 spiro atoms. The number of rotatable bonds is 4. The fourth-order valence-electron chi connectivity index (χ4n) is 1.79. The summed E-state index contributed by atoms with van der Waals surface area (Å²) in [5, 5.41) is 11.9. The summed E-state index contributed by atoms with van der Waals surface area (Å²) in [6.07, 6.45) is 0.351. The van der Waals surface area contributed by atoms with Crippen molar-refractivity contribution in [3.05, 3.63) is 57.4 Å². The first-order valence-electron chi connectivity index (χ1n) is 6.25. The van der Waals surface area contributed by atoms with Gasteiger partial charge in [0.25, 0.3) is 0 Å². The van der Waals surface area contributed by atoms with Crippen LogP contribution in [0.4, 0.5) is 10.1 Å². The Morgan fingerprint density at radius 3 is 2.57 bits per heavy atom. The molecule has 0 heterocycles.